The number of methoxy groups -OCH3 is 1. The molecule has 0 heterocycles. The first-order valence-corrected chi connectivity index (χ1v) is 13.2. The third kappa shape index (κ3) is 3.38. The van der Waals surface area contributed by atoms with E-state index in [1.807, 2.05) is 0 Å². The molecule has 0 saturated heterocycles. The maximum atomic E-state index is 11.8. The van der Waals surface area contributed by atoms with Gasteiger partial charge >= 0.3 is 5.97 Å². The number of ether oxygens (including phenoxy) is 1. The monoisotopic (exact) mass is 416 g/mol. The molecule has 0 bridgehead atoms. The van der Waals surface area contributed by atoms with E-state index >= 15 is 0 Å². The van der Waals surface area contributed by atoms with Gasteiger partial charge in [-0.3, -0.25) is 4.79 Å². The average molecular weight is 417 g/mol. The summed E-state index contributed by atoms with van der Waals surface area (Å²) in [5, 5.41) is 0. The lowest BCUT2D eigenvalue weighted by molar-refractivity contribution is -0.163. The number of carbonyl (C=O) groups excluding carboxylic acids is 1. The van der Waals surface area contributed by atoms with E-state index in [0.717, 1.165) is 53.8 Å². The molecular weight excluding hydrogens is 368 g/mol. The molecular formula is C28H48O2. The number of fused-ring (bicyclic) bond motifs is 5. The van der Waals surface area contributed by atoms with Crippen LogP contribution < -0.4 is 0 Å². The fourth-order valence-corrected chi connectivity index (χ4v) is 9.81. The Balaban J connectivity index is 1.58. The summed E-state index contributed by atoms with van der Waals surface area (Å²) in [5.41, 5.74) is 1.05. The van der Waals surface area contributed by atoms with Gasteiger partial charge in [0.2, 0.25) is 0 Å². The maximum absolute atomic E-state index is 11.8. The SMILES string of the molecule is COC(=O)CCC(C)C1CCC2C3C(C)CC4C[C@H](C)CCC4(C)C3C[C@H](C)C12C. The Morgan fingerprint density at radius 1 is 1.03 bits per heavy atom. The van der Waals surface area contributed by atoms with E-state index in [2.05, 4.69) is 41.5 Å². The van der Waals surface area contributed by atoms with Gasteiger partial charge in [-0.2, -0.15) is 0 Å². The molecule has 11 atom stereocenters. The second-order valence-corrected chi connectivity index (χ2v) is 12.9. The zero-order valence-corrected chi connectivity index (χ0v) is 20.9. The molecule has 0 spiro atoms. The predicted molar refractivity (Wildman–Crippen MR) is 124 cm³/mol. The van der Waals surface area contributed by atoms with Crippen LogP contribution in [0, 0.1) is 64.1 Å². The van der Waals surface area contributed by atoms with Crippen LogP contribution in [-0.4, -0.2) is 13.1 Å². The highest BCUT2D eigenvalue weighted by molar-refractivity contribution is 5.69. The number of rotatable bonds is 4. The molecule has 0 N–H and O–H groups in total. The molecule has 9 unspecified atom stereocenters. The highest BCUT2D eigenvalue weighted by atomic mass is 16.5. The molecule has 2 heteroatoms. The standard InChI is InChI=1S/C28H48O2/c1-17-12-13-27(5)21(14-17)15-19(3)26-23-10-9-22(18(2)8-11-25(29)30-7)28(23,6)20(4)16-24(26)27/h17-24,26H,8-16H2,1-7H3/t17-,18?,19?,20+,21?,22?,23?,24?,26?,27?,28?/m1/s1. The van der Waals surface area contributed by atoms with Crippen LogP contribution in [0.15, 0.2) is 0 Å². The predicted octanol–water partition coefficient (Wildman–Crippen LogP) is 7.36. The summed E-state index contributed by atoms with van der Waals surface area (Å²) in [6.07, 6.45) is 11.7. The Bertz CT molecular complexity index is 643. The van der Waals surface area contributed by atoms with E-state index in [4.69, 9.17) is 4.74 Å². The van der Waals surface area contributed by atoms with Crippen molar-refractivity contribution in [3.63, 3.8) is 0 Å². The molecule has 4 saturated carbocycles. The van der Waals surface area contributed by atoms with Crippen LogP contribution in [0.1, 0.15) is 99.3 Å². The van der Waals surface area contributed by atoms with Crippen LogP contribution in [0.3, 0.4) is 0 Å². The molecule has 4 fully saturated rings. The molecule has 0 aromatic heterocycles. The van der Waals surface area contributed by atoms with Crippen LogP contribution in [-0.2, 0) is 9.53 Å². The maximum Gasteiger partial charge on any atom is 0.305 e. The van der Waals surface area contributed by atoms with Gasteiger partial charge in [0.1, 0.15) is 0 Å². The topological polar surface area (TPSA) is 26.3 Å². The fourth-order valence-electron chi connectivity index (χ4n) is 9.81. The fraction of sp³-hybridized carbons (Fsp3) is 0.964. The quantitative estimate of drug-likeness (QED) is 0.447. The smallest absolute Gasteiger partial charge is 0.305 e. The highest BCUT2D eigenvalue weighted by Gasteiger charge is 2.64. The largest absolute Gasteiger partial charge is 0.469 e. The van der Waals surface area contributed by atoms with Crippen LogP contribution in [0.25, 0.3) is 0 Å². The van der Waals surface area contributed by atoms with Gasteiger partial charge in [0.15, 0.2) is 0 Å². The minimum Gasteiger partial charge on any atom is -0.469 e. The Morgan fingerprint density at radius 2 is 1.77 bits per heavy atom. The van der Waals surface area contributed by atoms with Crippen molar-refractivity contribution in [2.45, 2.75) is 99.3 Å². The lowest BCUT2D eigenvalue weighted by atomic mass is 9.40. The Morgan fingerprint density at radius 3 is 2.47 bits per heavy atom. The van der Waals surface area contributed by atoms with Crippen molar-refractivity contribution in [1.82, 2.24) is 0 Å². The summed E-state index contributed by atoms with van der Waals surface area (Å²) in [7, 11) is 1.52. The summed E-state index contributed by atoms with van der Waals surface area (Å²) in [5.74, 6) is 7.71. The van der Waals surface area contributed by atoms with Crippen molar-refractivity contribution in [2.24, 2.45) is 64.1 Å². The first-order chi connectivity index (χ1) is 14.1. The van der Waals surface area contributed by atoms with Crippen LogP contribution in [0.2, 0.25) is 0 Å². The van der Waals surface area contributed by atoms with E-state index in [1.54, 1.807) is 0 Å². The summed E-state index contributed by atoms with van der Waals surface area (Å²) >= 11 is 0. The van der Waals surface area contributed by atoms with Gasteiger partial charge in [-0.05, 0) is 109 Å². The molecule has 30 heavy (non-hydrogen) atoms. The number of hydrogen-bond donors (Lipinski definition) is 0. The van der Waals surface area contributed by atoms with Gasteiger partial charge in [0, 0.05) is 6.42 Å². The Kier molecular flexibility index (Phi) is 6.12. The summed E-state index contributed by atoms with van der Waals surface area (Å²) in [6.45, 7) is 15.5. The van der Waals surface area contributed by atoms with E-state index in [-0.39, 0.29) is 5.97 Å². The third-order valence-electron chi connectivity index (χ3n) is 11.7. The lowest BCUT2D eigenvalue weighted by Crippen LogP contribution is -2.58. The summed E-state index contributed by atoms with van der Waals surface area (Å²) in [6, 6.07) is 0. The van der Waals surface area contributed by atoms with Gasteiger partial charge < -0.3 is 4.74 Å². The van der Waals surface area contributed by atoms with E-state index in [1.165, 1.54) is 52.1 Å². The van der Waals surface area contributed by atoms with Crippen molar-refractivity contribution >= 4 is 5.97 Å². The summed E-state index contributed by atoms with van der Waals surface area (Å²) in [4.78, 5) is 11.8. The van der Waals surface area contributed by atoms with Gasteiger partial charge in [-0.25, -0.2) is 0 Å². The van der Waals surface area contributed by atoms with Crippen molar-refractivity contribution in [3.8, 4) is 0 Å². The first kappa shape index (κ1) is 22.7. The first-order valence-electron chi connectivity index (χ1n) is 13.2. The molecule has 0 amide bonds. The molecule has 4 rings (SSSR count). The zero-order chi connectivity index (χ0) is 21.8. The molecule has 4 aliphatic rings. The van der Waals surface area contributed by atoms with E-state index in [9.17, 15) is 4.79 Å². The minimum absolute atomic E-state index is 0.0373. The number of esters is 1. The molecule has 172 valence electrons. The van der Waals surface area contributed by atoms with Crippen molar-refractivity contribution in [2.75, 3.05) is 7.11 Å². The number of hydrogen-bond acceptors (Lipinski definition) is 2. The molecule has 0 aromatic carbocycles. The number of carbonyl (C=O) groups is 1. The van der Waals surface area contributed by atoms with Crippen LogP contribution >= 0.6 is 0 Å². The second kappa shape index (κ2) is 8.11. The van der Waals surface area contributed by atoms with Gasteiger partial charge in [-0.15, -0.1) is 0 Å². The Labute approximate surface area is 186 Å². The van der Waals surface area contributed by atoms with Gasteiger partial charge in [0.25, 0.3) is 0 Å². The second-order valence-electron chi connectivity index (χ2n) is 12.9. The van der Waals surface area contributed by atoms with Crippen molar-refractivity contribution in [3.05, 3.63) is 0 Å². The average Bonchev–Trinajstić information content (AvgIpc) is 3.06. The molecule has 2 nitrogen and oxygen atoms in total. The van der Waals surface area contributed by atoms with Crippen LogP contribution in [0.5, 0.6) is 0 Å². The normalized spacial score (nSPS) is 51.4. The summed E-state index contributed by atoms with van der Waals surface area (Å²) < 4.78 is 4.93. The van der Waals surface area contributed by atoms with E-state index in [0.29, 0.717) is 23.2 Å². The molecule has 0 aliphatic heterocycles. The molecule has 4 aliphatic carbocycles. The highest BCUT2D eigenvalue weighted by Crippen LogP contribution is 2.71. The third-order valence-corrected chi connectivity index (χ3v) is 11.7. The van der Waals surface area contributed by atoms with Crippen molar-refractivity contribution < 1.29 is 9.53 Å². The minimum atomic E-state index is -0.0373. The van der Waals surface area contributed by atoms with Crippen LogP contribution in [0.4, 0.5) is 0 Å². The molecule has 0 radical (unpaired) electrons. The van der Waals surface area contributed by atoms with Crippen molar-refractivity contribution in [1.29, 1.82) is 0 Å². The van der Waals surface area contributed by atoms with Gasteiger partial charge in [0.05, 0.1) is 7.11 Å². The zero-order valence-electron chi connectivity index (χ0n) is 20.9. The molecule has 0 aromatic rings. The van der Waals surface area contributed by atoms with Gasteiger partial charge in [-0.1, -0.05) is 48.0 Å². The van der Waals surface area contributed by atoms with E-state index < -0.39 is 0 Å². The lowest BCUT2D eigenvalue weighted by Gasteiger charge is -2.65. The Hall–Kier alpha value is -0.530.